The van der Waals surface area contributed by atoms with Crippen LogP contribution in [0.1, 0.15) is 31.4 Å². The number of fused-ring (bicyclic) bond motifs is 1. The Bertz CT molecular complexity index is 647. The van der Waals surface area contributed by atoms with Crippen LogP contribution in [0, 0.1) is 6.92 Å². The maximum Gasteiger partial charge on any atom is 0.276 e. The lowest BCUT2D eigenvalue weighted by atomic mass is 10.2. The highest BCUT2D eigenvalue weighted by Gasteiger charge is 2.15. The van der Waals surface area contributed by atoms with Gasteiger partial charge in [-0.3, -0.25) is 9.78 Å². The molecule has 2 aromatic rings. The van der Waals surface area contributed by atoms with E-state index in [0.717, 1.165) is 30.2 Å². The minimum Gasteiger partial charge on any atom is -0.342 e. The van der Waals surface area contributed by atoms with Crippen molar-refractivity contribution >= 4 is 17.0 Å². The van der Waals surface area contributed by atoms with E-state index < -0.39 is 0 Å². The Morgan fingerprint density at radius 3 is 2.58 bits per heavy atom. The van der Waals surface area contributed by atoms with Crippen LogP contribution in [-0.2, 0) is 7.05 Å². The third kappa shape index (κ3) is 2.13. The molecule has 1 fully saturated rings. The number of anilines is 1. The van der Waals surface area contributed by atoms with E-state index in [4.69, 9.17) is 0 Å². The van der Waals surface area contributed by atoms with Gasteiger partial charge in [0.2, 0.25) is 5.95 Å². The predicted molar refractivity (Wildman–Crippen MR) is 76.8 cm³/mol. The maximum absolute atomic E-state index is 12.2. The highest BCUT2D eigenvalue weighted by Crippen LogP contribution is 2.18. The van der Waals surface area contributed by atoms with Crippen molar-refractivity contribution in [2.45, 2.75) is 32.6 Å². The minimum atomic E-state index is -0.0418. The SMILES string of the molecule is Cc1cc2nc(N3CCCCCC3)[nH]c(=O)c2n1C. The Balaban J connectivity index is 2.07. The fraction of sp³-hybridized carbons (Fsp3) is 0.571. The van der Waals surface area contributed by atoms with Crippen LogP contribution in [0.3, 0.4) is 0 Å². The smallest absolute Gasteiger partial charge is 0.276 e. The van der Waals surface area contributed by atoms with Crippen molar-refractivity contribution in [1.82, 2.24) is 14.5 Å². The Labute approximate surface area is 112 Å². The monoisotopic (exact) mass is 260 g/mol. The molecule has 3 heterocycles. The first kappa shape index (κ1) is 12.3. The van der Waals surface area contributed by atoms with E-state index in [1.54, 1.807) is 0 Å². The average molecular weight is 260 g/mol. The number of nitrogens with one attached hydrogen (secondary N) is 1. The molecular weight excluding hydrogens is 240 g/mol. The van der Waals surface area contributed by atoms with Crippen molar-refractivity contribution in [3.8, 4) is 0 Å². The van der Waals surface area contributed by atoms with Gasteiger partial charge >= 0.3 is 0 Å². The molecule has 0 radical (unpaired) electrons. The van der Waals surface area contributed by atoms with Crippen molar-refractivity contribution in [3.05, 3.63) is 22.1 Å². The van der Waals surface area contributed by atoms with Crippen LogP contribution >= 0.6 is 0 Å². The van der Waals surface area contributed by atoms with Gasteiger partial charge in [0.1, 0.15) is 5.52 Å². The Kier molecular flexibility index (Phi) is 3.05. The van der Waals surface area contributed by atoms with Gasteiger partial charge in [0.15, 0.2) is 0 Å². The molecule has 0 unspecified atom stereocenters. The van der Waals surface area contributed by atoms with Crippen molar-refractivity contribution in [1.29, 1.82) is 0 Å². The second kappa shape index (κ2) is 4.72. The summed E-state index contributed by atoms with van der Waals surface area (Å²) >= 11 is 0. The number of hydrogen-bond donors (Lipinski definition) is 1. The van der Waals surface area contributed by atoms with Gasteiger partial charge in [0.05, 0.1) is 5.52 Å². The first-order valence-corrected chi connectivity index (χ1v) is 6.98. The van der Waals surface area contributed by atoms with E-state index >= 15 is 0 Å². The van der Waals surface area contributed by atoms with Crippen molar-refractivity contribution in [3.63, 3.8) is 0 Å². The molecule has 0 amide bonds. The summed E-state index contributed by atoms with van der Waals surface area (Å²) in [6.45, 7) is 3.97. The number of aromatic amines is 1. The minimum absolute atomic E-state index is 0.0418. The maximum atomic E-state index is 12.2. The lowest BCUT2D eigenvalue weighted by molar-refractivity contribution is 0.726. The van der Waals surface area contributed by atoms with E-state index in [9.17, 15) is 4.79 Å². The van der Waals surface area contributed by atoms with Gasteiger partial charge in [0.25, 0.3) is 5.56 Å². The van der Waals surface area contributed by atoms with Crippen LogP contribution in [0.5, 0.6) is 0 Å². The molecule has 5 heteroatoms. The highest BCUT2D eigenvalue weighted by molar-refractivity contribution is 5.77. The van der Waals surface area contributed by atoms with Crippen LogP contribution in [0.4, 0.5) is 5.95 Å². The second-order valence-electron chi connectivity index (χ2n) is 5.37. The van der Waals surface area contributed by atoms with E-state index in [1.807, 2.05) is 24.6 Å². The van der Waals surface area contributed by atoms with Gasteiger partial charge in [-0.05, 0) is 25.8 Å². The van der Waals surface area contributed by atoms with Gasteiger partial charge < -0.3 is 9.47 Å². The molecule has 0 spiro atoms. The predicted octanol–water partition coefficient (Wildman–Crippen LogP) is 1.95. The standard InChI is InChI=1S/C14H20N4O/c1-10-9-11-12(17(10)2)13(19)16-14(15-11)18-7-5-3-4-6-8-18/h9H,3-8H2,1-2H3,(H,15,16,19). The fourth-order valence-electron chi connectivity index (χ4n) is 2.80. The summed E-state index contributed by atoms with van der Waals surface area (Å²) in [4.78, 5) is 22.0. The van der Waals surface area contributed by atoms with Crippen molar-refractivity contribution in [2.24, 2.45) is 7.05 Å². The summed E-state index contributed by atoms with van der Waals surface area (Å²) in [7, 11) is 1.90. The van der Waals surface area contributed by atoms with Crippen molar-refractivity contribution < 1.29 is 0 Å². The lowest BCUT2D eigenvalue weighted by Gasteiger charge is -2.20. The molecule has 102 valence electrons. The van der Waals surface area contributed by atoms with Gasteiger partial charge in [-0.25, -0.2) is 4.98 Å². The number of H-pyrrole nitrogens is 1. The third-order valence-corrected chi connectivity index (χ3v) is 4.03. The summed E-state index contributed by atoms with van der Waals surface area (Å²) in [5.41, 5.74) is 2.47. The molecule has 1 aliphatic heterocycles. The Hall–Kier alpha value is -1.78. The zero-order chi connectivity index (χ0) is 13.4. The molecule has 0 aliphatic carbocycles. The molecular formula is C14H20N4O. The molecule has 3 rings (SSSR count). The van der Waals surface area contributed by atoms with Crippen LogP contribution in [0.2, 0.25) is 0 Å². The van der Waals surface area contributed by atoms with E-state index in [1.165, 1.54) is 25.7 Å². The van der Waals surface area contributed by atoms with Gasteiger partial charge in [-0.15, -0.1) is 0 Å². The molecule has 2 aromatic heterocycles. The topological polar surface area (TPSA) is 53.9 Å². The van der Waals surface area contributed by atoms with Gasteiger partial charge in [0, 0.05) is 25.8 Å². The summed E-state index contributed by atoms with van der Waals surface area (Å²) in [5.74, 6) is 0.727. The summed E-state index contributed by atoms with van der Waals surface area (Å²) in [6.07, 6.45) is 4.89. The average Bonchev–Trinajstić information content (AvgIpc) is 2.60. The number of hydrogen-bond acceptors (Lipinski definition) is 3. The third-order valence-electron chi connectivity index (χ3n) is 4.03. The van der Waals surface area contributed by atoms with E-state index in [0.29, 0.717) is 5.52 Å². The Morgan fingerprint density at radius 1 is 1.21 bits per heavy atom. The Morgan fingerprint density at radius 2 is 1.89 bits per heavy atom. The molecule has 1 aliphatic rings. The van der Waals surface area contributed by atoms with Crippen molar-refractivity contribution in [2.75, 3.05) is 18.0 Å². The molecule has 0 saturated carbocycles. The number of aryl methyl sites for hydroxylation is 2. The largest absolute Gasteiger partial charge is 0.342 e. The number of aromatic nitrogens is 3. The van der Waals surface area contributed by atoms with Gasteiger partial charge in [-0.1, -0.05) is 12.8 Å². The molecule has 1 N–H and O–H groups in total. The van der Waals surface area contributed by atoms with E-state index in [-0.39, 0.29) is 5.56 Å². The first-order chi connectivity index (χ1) is 9.16. The molecule has 0 aromatic carbocycles. The second-order valence-corrected chi connectivity index (χ2v) is 5.37. The first-order valence-electron chi connectivity index (χ1n) is 6.98. The quantitative estimate of drug-likeness (QED) is 0.852. The highest BCUT2D eigenvalue weighted by atomic mass is 16.1. The molecule has 5 nitrogen and oxygen atoms in total. The molecule has 0 bridgehead atoms. The van der Waals surface area contributed by atoms with Gasteiger partial charge in [-0.2, -0.15) is 0 Å². The fourth-order valence-corrected chi connectivity index (χ4v) is 2.80. The van der Waals surface area contributed by atoms with Crippen LogP contribution < -0.4 is 10.5 Å². The van der Waals surface area contributed by atoms with E-state index in [2.05, 4.69) is 14.9 Å². The molecule has 1 saturated heterocycles. The number of nitrogens with zero attached hydrogens (tertiary/aromatic N) is 3. The van der Waals surface area contributed by atoms with Crippen LogP contribution in [-0.4, -0.2) is 27.6 Å². The summed E-state index contributed by atoms with van der Waals surface area (Å²) < 4.78 is 1.90. The molecule has 19 heavy (non-hydrogen) atoms. The normalized spacial score (nSPS) is 16.8. The van der Waals surface area contributed by atoms with Crippen LogP contribution in [0.15, 0.2) is 10.9 Å². The summed E-state index contributed by atoms with van der Waals surface area (Å²) in [5, 5.41) is 0. The summed E-state index contributed by atoms with van der Waals surface area (Å²) in [6, 6.07) is 1.98. The zero-order valence-corrected chi connectivity index (χ0v) is 11.6. The lowest BCUT2D eigenvalue weighted by Crippen LogP contribution is -2.28. The van der Waals surface area contributed by atoms with Crippen LogP contribution in [0.25, 0.3) is 11.0 Å². The number of rotatable bonds is 1. The zero-order valence-electron chi connectivity index (χ0n) is 11.6. The molecule has 0 atom stereocenters.